The number of urea groups is 1. The van der Waals surface area contributed by atoms with Crippen LogP contribution in [0.2, 0.25) is 0 Å². The van der Waals surface area contributed by atoms with Crippen molar-refractivity contribution in [2.75, 3.05) is 44.2 Å². The summed E-state index contributed by atoms with van der Waals surface area (Å²) in [5.41, 5.74) is 0. The molecule has 2 heterocycles. The third-order valence-electron chi connectivity index (χ3n) is 4.29. The van der Waals surface area contributed by atoms with Crippen LogP contribution >= 0.6 is 0 Å². The first kappa shape index (κ1) is 17.5. The van der Waals surface area contributed by atoms with E-state index in [1.54, 1.807) is 0 Å². The summed E-state index contributed by atoms with van der Waals surface area (Å²) < 4.78 is 22.6. The number of rotatable bonds is 6. The van der Waals surface area contributed by atoms with Crippen molar-refractivity contribution in [2.24, 2.45) is 5.92 Å². The van der Waals surface area contributed by atoms with Gasteiger partial charge in [-0.05, 0) is 38.3 Å². The van der Waals surface area contributed by atoms with E-state index < -0.39 is 15.9 Å². The van der Waals surface area contributed by atoms with Crippen LogP contribution in [0.25, 0.3) is 0 Å². The Bertz CT molecular complexity index is 463. The van der Waals surface area contributed by atoms with Crippen LogP contribution in [0.15, 0.2) is 0 Å². The molecule has 2 atom stereocenters. The Morgan fingerprint density at radius 2 is 1.95 bits per heavy atom. The van der Waals surface area contributed by atoms with Gasteiger partial charge in [0, 0.05) is 19.6 Å². The molecule has 0 spiro atoms. The van der Waals surface area contributed by atoms with E-state index in [9.17, 15) is 18.3 Å². The minimum Gasteiger partial charge on any atom is -0.390 e. The molecule has 0 aliphatic carbocycles. The number of aliphatic hydroxyl groups is 1. The molecule has 3 N–H and O–H groups in total. The van der Waals surface area contributed by atoms with E-state index in [1.807, 2.05) is 0 Å². The Kier molecular flexibility index (Phi) is 6.46. The van der Waals surface area contributed by atoms with Crippen LogP contribution in [0.5, 0.6) is 0 Å². The Morgan fingerprint density at radius 1 is 1.23 bits per heavy atom. The Morgan fingerprint density at radius 3 is 2.59 bits per heavy atom. The van der Waals surface area contributed by atoms with Gasteiger partial charge in [0.05, 0.1) is 17.6 Å². The average molecular weight is 333 g/mol. The number of hydrogen-bond acceptors (Lipinski definition) is 5. The highest BCUT2D eigenvalue weighted by Crippen LogP contribution is 2.17. The van der Waals surface area contributed by atoms with E-state index in [4.69, 9.17) is 0 Å². The summed E-state index contributed by atoms with van der Waals surface area (Å²) in [4.78, 5) is 13.9. The smallest absolute Gasteiger partial charge is 0.314 e. The molecule has 2 rings (SSSR count). The van der Waals surface area contributed by atoms with Crippen molar-refractivity contribution in [2.45, 2.75) is 31.8 Å². The van der Waals surface area contributed by atoms with Gasteiger partial charge in [0.1, 0.15) is 0 Å². The lowest BCUT2D eigenvalue weighted by Crippen LogP contribution is -2.45. The maximum atomic E-state index is 11.7. The van der Waals surface area contributed by atoms with Crippen molar-refractivity contribution in [1.82, 2.24) is 15.5 Å². The number of carbonyl (C=O) groups excluding carboxylic acids is 1. The van der Waals surface area contributed by atoms with Gasteiger partial charge in [-0.3, -0.25) is 0 Å². The van der Waals surface area contributed by atoms with Gasteiger partial charge in [0.25, 0.3) is 0 Å². The molecular weight excluding hydrogens is 306 g/mol. The molecule has 2 aliphatic rings. The number of sulfone groups is 1. The summed E-state index contributed by atoms with van der Waals surface area (Å²) in [7, 11) is -2.90. The number of carbonyl (C=O) groups is 1. The fraction of sp³-hybridized carbons (Fsp3) is 0.929. The fourth-order valence-electron chi connectivity index (χ4n) is 3.05. The van der Waals surface area contributed by atoms with Gasteiger partial charge in [-0.15, -0.1) is 0 Å². The van der Waals surface area contributed by atoms with Gasteiger partial charge in [0.15, 0.2) is 9.84 Å². The second-order valence-electron chi connectivity index (χ2n) is 6.38. The average Bonchev–Trinajstić information content (AvgIpc) is 2.83. The van der Waals surface area contributed by atoms with Gasteiger partial charge in [-0.1, -0.05) is 6.42 Å². The van der Waals surface area contributed by atoms with E-state index in [0.717, 1.165) is 13.1 Å². The molecule has 0 bridgehead atoms. The Labute approximate surface area is 132 Å². The summed E-state index contributed by atoms with van der Waals surface area (Å²) in [5.74, 6) is 0.384. The standard InChI is InChI=1S/C14H27N3O4S/c18-13(10-17-5-2-1-3-6-17)9-16-14(19)15-8-12-4-7-22(20,21)11-12/h12-13,18H,1-11H2,(H2,15,16,19)/t12-,13-/m0/s1. The van der Waals surface area contributed by atoms with Gasteiger partial charge in [-0.2, -0.15) is 0 Å². The van der Waals surface area contributed by atoms with Crippen LogP contribution < -0.4 is 10.6 Å². The molecule has 0 aromatic heterocycles. The first-order chi connectivity index (χ1) is 10.4. The number of amides is 2. The van der Waals surface area contributed by atoms with Gasteiger partial charge < -0.3 is 20.6 Å². The van der Waals surface area contributed by atoms with E-state index in [-0.39, 0.29) is 30.0 Å². The van der Waals surface area contributed by atoms with Crippen LogP contribution in [0.1, 0.15) is 25.7 Å². The van der Waals surface area contributed by atoms with E-state index in [1.165, 1.54) is 19.3 Å². The molecule has 2 fully saturated rings. The SMILES string of the molecule is O=C(NC[C@H](O)CN1CCCCC1)NC[C@@H]1CCS(=O)(=O)C1. The number of nitrogens with one attached hydrogen (secondary N) is 2. The molecular formula is C14H27N3O4S. The molecule has 0 radical (unpaired) electrons. The minimum absolute atomic E-state index is 0.00836. The second-order valence-corrected chi connectivity index (χ2v) is 8.60. The van der Waals surface area contributed by atoms with Crippen LogP contribution in [-0.2, 0) is 9.84 Å². The van der Waals surface area contributed by atoms with Crippen LogP contribution in [-0.4, -0.2) is 74.8 Å². The number of likely N-dealkylation sites (tertiary alicyclic amines) is 1. The van der Waals surface area contributed by atoms with Crippen molar-refractivity contribution in [3.8, 4) is 0 Å². The number of aliphatic hydroxyl groups excluding tert-OH is 1. The molecule has 2 amide bonds. The maximum absolute atomic E-state index is 11.7. The first-order valence-electron chi connectivity index (χ1n) is 8.07. The summed E-state index contributed by atoms with van der Waals surface area (Å²) in [6.45, 7) is 3.19. The summed E-state index contributed by atoms with van der Waals surface area (Å²) >= 11 is 0. The van der Waals surface area contributed by atoms with E-state index >= 15 is 0 Å². The molecule has 2 saturated heterocycles. The molecule has 0 aromatic rings. The van der Waals surface area contributed by atoms with Crippen LogP contribution in [0, 0.1) is 5.92 Å². The molecule has 0 saturated carbocycles. The van der Waals surface area contributed by atoms with Crippen molar-refractivity contribution < 1.29 is 18.3 Å². The Balaban J connectivity index is 1.57. The van der Waals surface area contributed by atoms with Crippen LogP contribution in [0.4, 0.5) is 4.79 Å². The highest BCUT2D eigenvalue weighted by molar-refractivity contribution is 7.91. The number of piperidine rings is 1. The zero-order valence-corrected chi connectivity index (χ0v) is 13.8. The zero-order valence-electron chi connectivity index (χ0n) is 13.0. The second kappa shape index (κ2) is 8.12. The molecule has 0 aromatic carbocycles. The van der Waals surface area contributed by atoms with Crippen molar-refractivity contribution >= 4 is 15.9 Å². The molecule has 7 nitrogen and oxygen atoms in total. The van der Waals surface area contributed by atoms with Crippen molar-refractivity contribution in [1.29, 1.82) is 0 Å². The monoisotopic (exact) mass is 333 g/mol. The quantitative estimate of drug-likeness (QED) is 0.612. The number of hydrogen-bond donors (Lipinski definition) is 3. The maximum Gasteiger partial charge on any atom is 0.314 e. The predicted molar refractivity (Wildman–Crippen MR) is 84.5 cm³/mol. The normalized spacial score (nSPS) is 26.5. The topological polar surface area (TPSA) is 98.7 Å². The zero-order chi connectivity index (χ0) is 16.0. The largest absolute Gasteiger partial charge is 0.390 e. The van der Waals surface area contributed by atoms with Crippen LogP contribution in [0.3, 0.4) is 0 Å². The molecule has 2 aliphatic heterocycles. The lowest BCUT2D eigenvalue weighted by Gasteiger charge is -2.28. The predicted octanol–water partition coefficient (Wildman–Crippen LogP) is -0.433. The third kappa shape index (κ3) is 6.10. The van der Waals surface area contributed by atoms with Crippen molar-refractivity contribution in [3.63, 3.8) is 0 Å². The summed E-state index contributed by atoms with van der Waals surface area (Å²) in [6, 6.07) is -0.345. The molecule has 0 unspecified atom stereocenters. The highest BCUT2D eigenvalue weighted by Gasteiger charge is 2.27. The molecule has 8 heteroatoms. The lowest BCUT2D eigenvalue weighted by atomic mass is 10.1. The van der Waals surface area contributed by atoms with Gasteiger partial charge >= 0.3 is 6.03 Å². The van der Waals surface area contributed by atoms with Gasteiger partial charge in [-0.25, -0.2) is 13.2 Å². The highest BCUT2D eigenvalue weighted by atomic mass is 32.2. The summed E-state index contributed by atoms with van der Waals surface area (Å²) in [5, 5.41) is 15.3. The fourth-order valence-corrected chi connectivity index (χ4v) is 4.91. The number of nitrogens with zero attached hydrogens (tertiary/aromatic N) is 1. The first-order valence-corrected chi connectivity index (χ1v) is 9.89. The van der Waals surface area contributed by atoms with Gasteiger partial charge in [0.2, 0.25) is 0 Å². The Hall–Kier alpha value is -0.860. The molecule has 22 heavy (non-hydrogen) atoms. The summed E-state index contributed by atoms with van der Waals surface area (Å²) in [6.07, 6.45) is 3.64. The third-order valence-corrected chi connectivity index (χ3v) is 6.13. The van der Waals surface area contributed by atoms with E-state index in [0.29, 0.717) is 19.5 Å². The van der Waals surface area contributed by atoms with Crippen molar-refractivity contribution in [3.05, 3.63) is 0 Å². The lowest BCUT2D eigenvalue weighted by molar-refractivity contribution is 0.101. The molecule has 128 valence electrons. The minimum atomic E-state index is -2.90. The van der Waals surface area contributed by atoms with E-state index in [2.05, 4.69) is 15.5 Å². The number of β-amino-alcohol motifs (C(OH)–C–C–N with tert-alkyl or cyclic N) is 1.